The van der Waals surface area contributed by atoms with Crippen molar-refractivity contribution in [1.82, 2.24) is 5.32 Å². The van der Waals surface area contributed by atoms with E-state index in [0.717, 1.165) is 16.3 Å². The van der Waals surface area contributed by atoms with E-state index in [1.54, 1.807) is 0 Å². The fourth-order valence-corrected chi connectivity index (χ4v) is 3.01. The maximum Gasteiger partial charge on any atom is 0.347 e. The first kappa shape index (κ1) is 20.3. The Morgan fingerprint density at radius 1 is 0.966 bits per heavy atom. The second kappa shape index (κ2) is 9.19. The number of carbonyl (C=O) groups excluding carboxylic acids is 2. The Morgan fingerprint density at radius 2 is 1.66 bits per heavy atom. The van der Waals surface area contributed by atoms with Crippen LogP contribution in [0.5, 0.6) is 5.75 Å². The molecule has 150 valence electrons. The summed E-state index contributed by atoms with van der Waals surface area (Å²) in [4.78, 5) is 24.3. The fourth-order valence-electron chi connectivity index (χ4n) is 3.01. The van der Waals surface area contributed by atoms with Crippen LogP contribution in [0.4, 0.5) is 4.39 Å². The number of benzene rings is 3. The van der Waals surface area contributed by atoms with Crippen LogP contribution < -0.4 is 10.1 Å². The van der Waals surface area contributed by atoms with Gasteiger partial charge in [0.25, 0.3) is 5.91 Å². The minimum atomic E-state index is -0.927. The van der Waals surface area contributed by atoms with Gasteiger partial charge in [-0.15, -0.1) is 0 Å². The van der Waals surface area contributed by atoms with Crippen molar-refractivity contribution in [3.8, 4) is 5.75 Å². The molecule has 5 nitrogen and oxygen atoms in total. The molecule has 29 heavy (non-hydrogen) atoms. The van der Waals surface area contributed by atoms with Crippen LogP contribution in [0.2, 0.25) is 0 Å². The predicted molar refractivity (Wildman–Crippen MR) is 108 cm³/mol. The Hall–Kier alpha value is -3.41. The molecule has 0 radical (unpaired) electrons. The van der Waals surface area contributed by atoms with Crippen LogP contribution in [-0.2, 0) is 14.3 Å². The first-order valence-electron chi connectivity index (χ1n) is 9.30. The maximum absolute atomic E-state index is 12.9. The molecule has 2 atom stereocenters. The van der Waals surface area contributed by atoms with Crippen LogP contribution >= 0.6 is 0 Å². The zero-order valence-corrected chi connectivity index (χ0v) is 16.2. The van der Waals surface area contributed by atoms with Gasteiger partial charge in [0.05, 0.1) is 6.04 Å². The van der Waals surface area contributed by atoms with Crippen molar-refractivity contribution in [1.29, 1.82) is 0 Å². The minimum Gasteiger partial charge on any atom is -0.479 e. The molecule has 0 spiro atoms. The lowest BCUT2D eigenvalue weighted by molar-refractivity contribution is -0.154. The molecule has 0 aliphatic carbocycles. The molecule has 0 fully saturated rings. The van der Waals surface area contributed by atoms with E-state index in [1.807, 2.05) is 49.4 Å². The highest BCUT2D eigenvalue weighted by Crippen LogP contribution is 2.24. The number of nitrogens with one attached hydrogen (secondary N) is 1. The molecule has 3 rings (SSSR count). The van der Waals surface area contributed by atoms with Crippen molar-refractivity contribution in [2.45, 2.75) is 26.0 Å². The van der Waals surface area contributed by atoms with E-state index in [2.05, 4.69) is 5.32 Å². The molecule has 1 amide bonds. The van der Waals surface area contributed by atoms with Gasteiger partial charge in [0.2, 0.25) is 0 Å². The van der Waals surface area contributed by atoms with E-state index in [4.69, 9.17) is 9.47 Å². The molecule has 0 unspecified atom stereocenters. The number of amides is 1. The molecule has 3 aromatic carbocycles. The lowest BCUT2D eigenvalue weighted by Gasteiger charge is -2.17. The monoisotopic (exact) mass is 395 g/mol. The lowest BCUT2D eigenvalue weighted by Crippen LogP contribution is -2.34. The number of carbonyl (C=O) groups is 2. The average Bonchev–Trinajstić information content (AvgIpc) is 2.73. The molecule has 3 aromatic rings. The summed E-state index contributed by atoms with van der Waals surface area (Å²) in [6.45, 7) is 2.97. The van der Waals surface area contributed by atoms with Gasteiger partial charge < -0.3 is 14.8 Å². The standard InChI is InChI=1S/C23H22FNO4/c1-15(20-9-5-7-17-6-3-4-8-21(17)20)25-22(26)14-28-23(27)16(2)29-19-12-10-18(24)11-13-19/h3-13,15-16H,14H2,1-2H3,(H,25,26)/t15-,16+/m0/s1. The maximum atomic E-state index is 12.9. The average molecular weight is 395 g/mol. The molecule has 0 saturated carbocycles. The van der Waals surface area contributed by atoms with Crippen LogP contribution in [0.3, 0.4) is 0 Å². The summed E-state index contributed by atoms with van der Waals surface area (Å²) in [6, 6.07) is 18.9. The van der Waals surface area contributed by atoms with E-state index in [1.165, 1.54) is 31.2 Å². The van der Waals surface area contributed by atoms with E-state index in [-0.39, 0.29) is 6.04 Å². The second-order valence-electron chi connectivity index (χ2n) is 6.68. The SMILES string of the molecule is C[C@H](NC(=O)COC(=O)[C@@H](C)Oc1ccc(F)cc1)c1cccc2ccccc12. The van der Waals surface area contributed by atoms with Crippen molar-refractivity contribution >= 4 is 22.6 Å². The number of fused-ring (bicyclic) bond motifs is 1. The Morgan fingerprint density at radius 3 is 2.41 bits per heavy atom. The molecule has 0 saturated heterocycles. The summed E-state index contributed by atoms with van der Waals surface area (Å²) < 4.78 is 23.3. The first-order chi connectivity index (χ1) is 13.9. The van der Waals surface area contributed by atoms with Crippen LogP contribution in [0, 0.1) is 5.82 Å². The zero-order valence-electron chi connectivity index (χ0n) is 16.2. The van der Waals surface area contributed by atoms with Gasteiger partial charge in [-0.25, -0.2) is 9.18 Å². The number of esters is 1. The molecule has 0 bridgehead atoms. The highest BCUT2D eigenvalue weighted by molar-refractivity contribution is 5.87. The second-order valence-corrected chi connectivity index (χ2v) is 6.68. The van der Waals surface area contributed by atoms with Crippen molar-refractivity contribution in [3.63, 3.8) is 0 Å². The molecular weight excluding hydrogens is 373 g/mol. The molecule has 0 aliphatic heterocycles. The van der Waals surface area contributed by atoms with Crippen molar-refractivity contribution in [2.75, 3.05) is 6.61 Å². The minimum absolute atomic E-state index is 0.250. The van der Waals surface area contributed by atoms with Gasteiger partial charge >= 0.3 is 5.97 Å². The Kier molecular flexibility index (Phi) is 6.44. The molecule has 6 heteroatoms. The highest BCUT2D eigenvalue weighted by atomic mass is 19.1. The molecule has 0 aliphatic rings. The zero-order chi connectivity index (χ0) is 20.8. The lowest BCUT2D eigenvalue weighted by atomic mass is 10.00. The normalized spacial score (nSPS) is 12.8. The number of halogens is 1. The Bertz CT molecular complexity index is 998. The Labute approximate surface area is 168 Å². The van der Waals surface area contributed by atoms with E-state index in [0.29, 0.717) is 5.75 Å². The fraction of sp³-hybridized carbons (Fsp3) is 0.217. The third-order valence-electron chi connectivity index (χ3n) is 4.47. The number of hydrogen-bond donors (Lipinski definition) is 1. The molecule has 1 N–H and O–H groups in total. The number of rotatable bonds is 7. The van der Waals surface area contributed by atoms with Crippen LogP contribution in [-0.4, -0.2) is 24.6 Å². The van der Waals surface area contributed by atoms with E-state index in [9.17, 15) is 14.0 Å². The van der Waals surface area contributed by atoms with Crippen molar-refractivity contribution in [2.24, 2.45) is 0 Å². The molecular formula is C23H22FNO4. The summed E-state index contributed by atoms with van der Waals surface area (Å²) in [6.07, 6.45) is -0.927. The van der Waals surface area contributed by atoms with Gasteiger partial charge in [0.1, 0.15) is 11.6 Å². The van der Waals surface area contributed by atoms with Gasteiger partial charge in [-0.2, -0.15) is 0 Å². The molecule has 0 heterocycles. The van der Waals surface area contributed by atoms with Gasteiger partial charge in [0.15, 0.2) is 12.7 Å². The smallest absolute Gasteiger partial charge is 0.347 e. The predicted octanol–water partition coefficient (Wildman–Crippen LogP) is 4.17. The third-order valence-corrected chi connectivity index (χ3v) is 4.47. The topological polar surface area (TPSA) is 64.6 Å². The Balaban J connectivity index is 1.52. The molecule has 0 aromatic heterocycles. The van der Waals surface area contributed by atoms with Gasteiger partial charge in [-0.1, -0.05) is 42.5 Å². The van der Waals surface area contributed by atoms with Gasteiger partial charge in [-0.05, 0) is 54.4 Å². The quantitative estimate of drug-likeness (QED) is 0.610. The van der Waals surface area contributed by atoms with Crippen LogP contribution in [0.25, 0.3) is 10.8 Å². The van der Waals surface area contributed by atoms with Crippen molar-refractivity contribution < 1.29 is 23.5 Å². The van der Waals surface area contributed by atoms with Crippen molar-refractivity contribution in [3.05, 3.63) is 78.1 Å². The van der Waals surface area contributed by atoms with Crippen LogP contribution in [0.15, 0.2) is 66.7 Å². The summed E-state index contributed by atoms with van der Waals surface area (Å²) >= 11 is 0. The largest absolute Gasteiger partial charge is 0.479 e. The summed E-state index contributed by atoms with van der Waals surface area (Å²) in [5.74, 6) is -1.15. The van der Waals surface area contributed by atoms with Crippen LogP contribution in [0.1, 0.15) is 25.5 Å². The summed E-state index contributed by atoms with van der Waals surface area (Å²) in [5, 5.41) is 4.98. The van der Waals surface area contributed by atoms with Gasteiger partial charge in [0, 0.05) is 0 Å². The number of hydrogen-bond acceptors (Lipinski definition) is 4. The number of ether oxygens (including phenoxy) is 2. The first-order valence-corrected chi connectivity index (χ1v) is 9.30. The third kappa shape index (κ3) is 5.31. The van der Waals surface area contributed by atoms with E-state index >= 15 is 0 Å². The highest BCUT2D eigenvalue weighted by Gasteiger charge is 2.19. The summed E-state index contributed by atoms with van der Waals surface area (Å²) in [7, 11) is 0. The van der Waals surface area contributed by atoms with E-state index < -0.39 is 30.4 Å². The summed E-state index contributed by atoms with van der Waals surface area (Å²) in [5.41, 5.74) is 0.982. The van der Waals surface area contributed by atoms with Gasteiger partial charge in [-0.3, -0.25) is 4.79 Å².